The summed E-state index contributed by atoms with van der Waals surface area (Å²) in [5.74, 6) is 0.766. The second-order valence-corrected chi connectivity index (χ2v) is 10.8. The smallest absolute Gasteiger partial charge is 0.262 e. The number of benzene rings is 2. The monoisotopic (exact) mass is 458 g/mol. The van der Waals surface area contributed by atoms with Crippen LogP contribution in [0.25, 0.3) is 0 Å². The molecule has 0 aromatic heterocycles. The van der Waals surface area contributed by atoms with Crippen molar-refractivity contribution in [2.24, 2.45) is 0 Å². The molecule has 0 unspecified atom stereocenters. The average molecular weight is 459 g/mol. The third kappa shape index (κ3) is 5.70. The largest absolute Gasteiger partial charge is 0.484 e. The van der Waals surface area contributed by atoms with Crippen molar-refractivity contribution in [2.45, 2.75) is 63.7 Å². The maximum Gasteiger partial charge on any atom is 0.262 e. The molecule has 2 aromatic carbocycles. The van der Waals surface area contributed by atoms with Gasteiger partial charge in [-0.05, 0) is 60.1 Å². The van der Waals surface area contributed by atoms with E-state index in [-0.39, 0.29) is 29.2 Å². The van der Waals surface area contributed by atoms with Crippen molar-refractivity contribution in [1.29, 1.82) is 0 Å². The molecule has 0 spiro atoms. The highest BCUT2D eigenvalue weighted by molar-refractivity contribution is 7.89. The van der Waals surface area contributed by atoms with Crippen LogP contribution in [0.5, 0.6) is 5.75 Å². The van der Waals surface area contributed by atoms with Crippen LogP contribution in [0.15, 0.2) is 47.4 Å². The van der Waals surface area contributed by atoms with Crippen molar-refractivity contribution in [1.82, 2.24) is 4.31 Å². The third-order valence-corrected chi connectivity index (χ3v) is 7.70. The number of nitrogens with one attached hydrogen (secondary N) is 1. The molecule has 2 aromatic rings. The number of nitrogens with zero attached hydrogens (tertiary/aromatic N) is 1. The number of carbonyl (C=O) groups is 1. The summed E-state index contributed by atoms with van der Waals surface area (Å²) >= 11 is 0. The van der Waals surface area contributed by atoms with Gasteiger partial charge in [0.1, 0.15) is 5.75 Å². The Morgan fingerprint density at radius 2 is 1.50 bits per heavy atom. The fourth-order valence-corrected chi connectivity index (χ4v) is 5.50. The highest BCUT2D eigenvalue weighted by Crippen LogP contribution is 2.32. The molecule has 6 nitrogen and oxygen atoms in total. The van der Waals surface area contributed by atoms with Gasteiger partial charge >= 0.3 is 0 Å². The highest BCUT2D eigenvalue weighted by Gasteiger charge is 2.25. The second kappa shape index (κ2) is 10.5. The summed E-state index contributed by atoms with van der Waals surface area (Å²) in [5, 5.41) is 3.02. The number of ether oxygens (including phenoxy) is 1. The molecule has 7 heteroatoms. The molecule has 0 aliphatic carbocycles. The van der Waals surface area contributed by atoms with Gasteiger partial charge in [0.05, 0.1) is 4.90 Å². The maximum atomic E-state index is 12.8. The molecule has 1 saturated heterocycles. The minimum Gasteiger partial charge on any atom is -0.484 e. The SMILES string of the molecule is CC(C)c1cccc(C(C)C)c1NC(=O)COc1ccc(S(=O)(=O)N2CCCCC2)cc1. The Hall–Kier alpha value is -2.38. The summed E-state index contributed by atoms with van der Waals surface area (Å²) in [4.78, 5) is 12.9. The number of hydrogen-bond acceptors (Lipinski definition) is 4. The third-order valence-electron chi connectivity index (χ3n) is 5.78. The van der Waals surface area contributed by atoms with Crippen molar-refractivity contribution in [3.8, 4) is 5.75 Å². The van der Waals surface area contributed by atoms with Gasteiger partial charge in [0.15, 0.2) is 6.61 Å². The van der Waals surface area contributed by atoms with Gasteiger partial charge in [-0.3, -0.25) is 4.79 Å². The number of rotatable bonds is 8. The number of carbonyl (C=O) groups excluding carboxylic acids is 1. The van der Waals surface area contributed by atoms with Gasteiger partial charge in [-0.15, -0.1) is 0 Å². The van der Waals surface area contributed by atoms with E-state index in [2.05, 4.69) is 33.0 Å². The van der Waals surface area contributed by atoms with Gasteiger partial charge in [0.2, 0.25) is 10.0 Å². The standard InChI is InChI=1S/C25H34N2O4S/c1-18(2)22-9-8-10-23(19(3)4)25(22)26-24(28)17-31-20-11-13-21(14-12-20)32(29,30)27-15-6-5-7-16-27/h8-14,18-19H,5-7,15-17H2,1-4H3,(H,26,28). The summed E-state index contributed by atoms with van der Waals surface area (Å²) in [6.07, 6.45) is 2.86. The predicted octanol–water partition coefficient (Wildman–Crippen LogP) is 5.13. The van der Waals surface area contributed by atoms with Crippen LogP contribution in [-0.2, 0) is 14.8 Å². The van der Waals surface area contributed by atoms with Crippen molar-refractivity contribution in [3.05, 3.63) is 53.6 Å². The first-order chi connectivity index (χ1) is 15.2. The first kappa shape index (κ1) is 24.3. The van der Waals surface area contributed by atoms with E-state index in [0.29, 0.717) is 18.8 Å². The zero-order valence-electron chi connectivity index (χ0n) is 19.4. The van der Waals surface area contributed by atoms with Crippen LogP contribution in [-0.4, -0.2) is 38.3 Å². The quantitative estimate of drug-likeness (QED) is 0.595. The molecule has 0 atom stereocenters. The molecular formula is C25H34N2O4S. The Balaban J connectivity index is 1.65. The van der Waals surface area contributed by atoms with Crippen molar-refractivity contribution in [2.75, 3.05) is 25.0 Å². The first-order valence-electron chi connectivity index (χ1n) is 11.4. The Kier molecular flexibility index (Phi) is 7.96. The fourth-order valence-electron chi connectivity index (χ4n) is 3.98. The molecule has 32 heavy (non-hydrogen) atoms. The molecule has 174 valence electrons. The Labute approximate surface area is 192 Å². The average Bonchev–Trinajstić information content (AvgIpc) is 2.78. The summed E-state index contributed by atoms with van der Waals surface area (Å²) in [5.41, 5.74) is 3.04. The van der Waals surface area contributed by atoms with E-state index in [1.807, 2.05) is 18.2 Å². The number of para-hydroxylation sites is 1. The lowest BCUT2D eigenvalue weighted by Crippen LogP contribution is -2.35. The maximum absolute atomic E-state index is 12.8. The molecule has 0 bridgehead atoms. The first-order valence-corrected chi connectivity index (χ1v) is 12.8. The van der Waals surface area contributed by atoms with Crippen LogP contribution in [0.1, 0.15) is 69.9 Å². The van der Waals surface area contributed by atoms with E-state index in [0.717, 1.165) is 36.1 Å². The van der Waals surface area contributed by atoms with E-state index in [9.17, 15) is 13.2 Å². The molecule has 1 aliphatic rings. The number of amides is 1. The summed E-state index contributed by atoms with van der Waals surface area (Å²) < 4.78 is 32.7. The Bertz CT molecular complexity index is 998. The zero-order valence-corrected chi connectivity index (χ0v) is 20.2. The minimum atomic E-state index is -3.48. The molecule has 0 radical (unpaired) electrons. The number of piperidine rings is 1. The summed E-state index contributed by atoms with van der Waals surface area (Å²) in [6.45, 7) is 9.39. The van der Waals surface area contributed by atoms with E-state index in [4.69, 9.17) is 4.74 Å². The lowest BCUT2D eigenvalue weighted by Gasteiger charge is -2.25. The molecule has 1 N–H and O–H groups in total. The van der Waals surface area contributed by atoms with Crippen LogP contribution in [0.4, 0.5) is 5.69 Å². The van der Waals surface area contributed by atoms with Gasteiger partial charge < -0.3 is 10.1 Å². The molecule has 0 saturated carbocycles. The molecular weight excluding hydrogens is 424 g/mol. The Morgan fingerprint density at radius 1 is 0.938 bits per heavy atom. The van der Waals surface area contributed by atoms with E-state index in [1.54, 1.807) is 24.3 Å². The summed E-state index contributed by atoms with van der Waals surface area (Å²) in [6, 6.07) is 12.4. The lowest BCUT2D eigenvalue weighted by atomic mass is 9.92. The van der Waals surface area contributed by atoms with E-state index < -0.39 is 10.0 Å². The van der Waals surface area contributed by atoms with Gasteiger partial charge in [-0.2, -0.15) is 4.31 Å². The second-order valence-electron chi connectivity index (χ2n) is 8.89. The van der Waals surface area contributed by atoms with Crippen molar-refractivity contribution in [3.63, 3.8) is 0 Å². The normalized spacial score (nSPS) is 15.2. The van der Waals surface area contributed by atoms with Gasteiger partial charge in [0, 0.05) is 18.8 Å². The van der Waals surface area contributed by atoms with Crippen LogP contribution in [0, 0.1) is 0 Å². The molecule has 1 fully saturated rings. The number of anilines is 1. The highest BCUT2D eigenvalue weighted by atomic mass is 32.2. The van der Waals surface area contributed by atoms with Crippen LogP contribution < -0.4 is 10.1 Å². The predicted molar refractivity (Wildman–Crippen MR) is 128 cm³/mol. The van der Waals surface area contributed by atoms with Gasteiger partial charge in [-0.25, -0.2) is 8.42 Å². The topological polar surface area (TPSA) is 75.7 Å². The van der Waals surface area contributed by atoms with Crippen molar-refractivity contribution >= 4 is 21.6 Å². The van der Waals surface area contributed by atoms with Crippen LogP contribution in [0.2, 0.25) is 0 Å². The Morgan fingerprint density at radius 3 is 2.03 bits per heavy atom. The molecule has 1 heterocycles. The summed E-state index contributed by atoms with van der Waals surface area (Å²) in [7, 11) is -3.48. The van der Waals surface area contributed by atoms with Crippen LogP contribution >= 0.6 is 0 Å². The molecule has 3 rings (SSSR count). The minimum absolute atomic E-state index is 0.151. The lowest BCUT2D eigenvalue weighted by molar-refractivity contribution is -0.118. The molecule has 1 amide bonds. The molecule has 1 aliphatic heterocycles. The number of sulfonamides is 1. The number of hydrogen-bond donors (Lipinski definition) is 1. The zero-order chi connectivity index (χ0) is 23.3. The fraction of sp³-hybridized carbons (Fsp3) is 0.480. The van der Waals surface area contributed by atoms with Gasteiger partial charge in [0.25, 0.3) is 5.91 Å². The van der Waals surface area contributed by atoms with E-state index >= 15 is 0 Å². The van der Waals surface area contributed by atoms with E-state index in [1.165, 1.54) is 4.31 Å². The van der Waals surface area contributed by atoms with Gasteiger partial charge in [-0.1, -0.05) is 52.3 Å². The van der Waals surface area contributed by atoms with Crippen LogP contribution in [0.3, 0.4) is 0 Å². The van der Waals surface area contributed by atoms with Crippen molar-refractivity contribution < 1.29 is 17.9 Å².